The van der Waals surface area contributed by atoms with Crippen LogP contribution in [0.1, 0.15) is 24.8 Å². The van der Waals surface area contributed by atoms with E-state index in [0.29, 0.717) is 18.0 Å². The summed E-state index contributed by atoms with van der Waals surface area (Å²) in [5.41, 5.74) is 1.03. The van der Waals surface area contributed by atoms with E-state index in [1.807, 2.05) is 23.6 Å². The van der Waals surface area contributed by atoms with Gasteiger partial charge in [0.1, 0.15) is 0 Å². The van der Waals surface area contributed by atoms with Gasteiger partial charge in [-0.3, -0.25) is 9.59 Å². The molecule has 0 saturated heterocycles. The summed E-state index contributed by atoms with van der Waals surface area (Å²) in [4.78, 5) is 22.0. The molecule has 0 aliphatic carbocycles. The summed E-state index contributed by atoms with van der Waals surface area (Å²) in [6.45, 7) is 0.437. The van der Waals surface area contributed by atoms with E-state index in [1.165, 1.54) is 0 Å². The first kappa shape index (κ1) is 14.8. The molecule has 106 valence electrons. The molecule has 1 amide bonds. The number of carboxylic acid groups (broad SMARTS) is 1. The fraction of sp³-hybridized carbons (Fsp3) is 0.286. The molecule has 2 aromatic rings. The van der Waals surface area contributed by atoms with Gasteiger partial charge < -0.3 is 10.4 Å². The van der Waals surface area contributed by atoms with Crippen LogP contribution in [0.3, 0.4) is 0 Å². The van der Waals surface area contributed by atoms with Crippen molar-refractivity contribution in [1.82, 2.24) is 5.32 Å². The smallest absolute Gasteiger partial charge is 0.303 e. The lowest BCUT2D eigenvalue weighted by atomic mass is 10.1. The number of fused-ring (bicyclic) bond motifs is 1. The summed E-state index contributed by atoms with van der Waals surface area (Å²) in [5, 5.41) is 15.0. The second kappa shape index (κ2) is 6.72. The highest BCUT2D eigenvalue weighted by molar-refractivity contribution is 7.17. The molecule has 0 bridgehead atoms. The second-order valence-corrected chi connectivity index (χ2v) is 5.77. The topological polar surface area (TPSA) is 66.4 Å². The number of amides is 1. The largest absolute Gasteiger partial charge is 0.481 e. The minimum absolute atomic E-state index is 0.0183. The predicted molar refractivity (Wildman–Crippen MR) is 80.2 cm³/mol. The highest BCUT2D eigenvalue weighted by Gasteiger charge is 2.07. The zero-order valence-corrected chi connectivity index (χ0v) is 12.3. The number of carbonyl (C=O) groups excluding carboxylic acids is 1. The summed E-state index contributed by atoms with van der Waals surface area (Å²) in [7, 11) is 0. The minimum Gasteiger partial charge on any atom is -0.481 e. The first-order valence-electron chi connectivity index (χ1n) is 6.20. The highest BCUT2D eigenvalue weighted by atomic mass is 35.5. The average molecular weight is 312 g/mol. The molecule has 2 rings (SSSR count). The Kier molecular flexibility index (Phi) is 4.98. The molecule has 0 spiro atoms. The van der Waals surface area contributed by atoms with Gasteiger partial charge in [0.05, 0.1) is 0 Å². The van der Waals surface area contributed by atoms with Crippen LogP contribution in [0.25, 0.3) is 10.1 Å². The monoisotopic (exact) mass is 311 g/mol. The van der Waals surface area contributed by atoms with Crippen LogP contribution < -0.4 is 5.32 Å². The number of aliphatic carboxylic acids is 1. The molecular formula is C14H14ClNO3S. The van der Waals surface area contributed by atoms with Gasteiger partial charge in [0.15, 0.2) is 0 Å². The first-order chi connectivity index (χ1) is 9.56. The van der Waals surface area contributed by atoms with Crippen molar-refractivity contribution in [2.75, 3.05) is 0 Å². The lowest BCUT2D eigenvalue weighted by Crippen LogP contribution is -2.22. The third-order valence-corrected chi connectivity index (χ3v) is 4.13. The summed E-state index contributed by atoms with van der Waals surface area (Å²) in [6, 6.07) is 5.69. The second-order valence-electron chi connectivity index (χ2n) is 4.43. The van der Waals surface area contributed by atoms with E-state index < -0.39 is 5.97 Å². The summed E-state index contributed by atoms with van der Waals surface area (Å²) >= 11 is 7.58. The Morgan fingerprint density at radius 1 is 1.30 bits per heavy atom. The average Bonchev–Trinajstić information content (AvgIpc) is 2.78. The van der Waals surface area contributed by atoms with Gasteiger partial charge in [-0.15, -0.1) is 11.3 Å². The van der Waals surface area contributed by atoms with Crippen LogP contribution in [0.15, 0.2) is 23.6 Å². The zero-order chi connectivity index (χ0) is 14.5. The zero-order valence-electron chi connectivity index (χ0n) is 10.7. The van der Waals surface area contributed by atoms with Gasteiger partial charge in [-0.2, -0.15) is 0 Å². The Morgan fingerprint density at radius 2 is 2.10 bits per heavy atom. The molecule has 0 saturated carbocycles. The van der Waals surface area contributed by atoms with Crippen LogP contribution >= 0.6 is 22.9 Å². The summed E-state index contributed by atoms with van der Waals surface area (Å²) in [5.74, 6) is -1.01. The van der Waals surface area contributed by atoms with Gasteiger partial charge in [0, 0.05) is 29.1 Å². The van der Waals surface area contributed by atoms with E-state index in [0.717, 1.165) is 15.6 Å². The van der Waals surface area contributed by atoms with Crippen LogP contribution in [-0.2, 0) is 16.1 Å². The lowest BCUT2D eigenvalue weighted by Gasteiger charge is -2.04. The number of thiophene rings is 1. The van der Waals surface area contributed by atoms with E-state index >= 15 is 0 Å². The van der Waals surface area contributed by atoms with Gasteiger partial charge in [0.25, 0.3) is 0 Å². The van der Waals surface area contributed by atoms with E-state index in [1.54, 1.807) is 11.3 Å². The quantitative estimate of drug-likeness (QED) is 0.859. The van der Waals surface area contributed by atoms with Crippen LogP contribution in [0.4, 0.5) is 0 Å². The minimum atomic E-state index is -0.878. The summed E-state index contributed by atoms with van der Waals surface area (Å²) in [6.07, 6.45) is 0.608. The van der Waals surface area contributed by atoms with E-state index in [-0.39, 0.29) is 18.7 Å². The van der Waals surface area contributed by atoms with Crippen LogP contribution in [0, 0.1) is 0 Å². The van der Waals surface area contributed by atoms with Gasteiger partial charge >= 0.3 is 5.97 Å². The Bertz CT molecular complexity index is 638. The number of carboxylic acids is 1. The third kappa shape index (κ3) is 3.95. The molecule has 0 aliphatic rings. The molecule has 4 nitrogen and oxygen atoms in total. The van der Waals surface area contributed by atoms with E-state index in [9.17, 15) is 9.59 Å². The fourth-order valence-corrected chi connectivity index (χ4v) is 2.99. The number of hydrogen-bond donors (Lipinski definition) is 2. The number of benzene rings is 1. The standard InChI is InChI=1S/C14H14ClNO3S/c15-10-4-5-12-11(6-10)9(8-20-12)7-16-13(17)2-1-3-14(18)19/h4-6,8H,1-3,7H2,(H,16,17)(H,18,19). The number of carbonyl (C=O) groups is 2. The van der Waals surface area contributed by atoms with Crippen LogP contribution in [0.2, 0.25) is 5.02 Å². The van der Waals surface area contributed by atoms with Gasteiger partial charge in [-0.25, -0.2) is 0 Å². The van der Waals surface area contributed by atoms with Crippen molar-refractivity contribution in [3.63, 3.8) is 0 Å². The molecule has 6 heteroatoms. The van der Waals surface area contributed by atoms with Gasteiger partial charge in [-0.1, -0.05) is 11.6 Å². The lowest BCUT2D eigenvalue weighted by molar-refractivity contribution is -0.137. The molecular weight excluding hydrogens is 298 g/mol. The van der Waals surface area contributed by atoms with Crippen molar-refractivity contribution in [2.24, 2.45) is 0 Å². The molecule has 0 radical (unpaired) electrons. The van der Waals surface area contributed by atoms with Gasteiger partial charge in [0.2, 0.25) is 5.91 Å². The van der Waals surface area contributed by atoms with Crippen LogP contribution in [-0.4, -0.2) is 17.0 Å². The SMILES string of the molecule is O=C(O)CCCC(=O)NCc1csc2ccc(Cl)cc12. The number of halogens is 1. The molecule has 2 N–H and O–H groups in total. The summed E-state index contributed by atoms with van der Waals surface area (Å²) < 4.78 is 1.13. The normalized spacial score (nSPS) is 10.7. The molecule has 0 atom stereocenters. The van der Waals surface area contributed by atoms with Gasteiger partial charge in [-0.05, 0) is 40.9 Å². The van der Waals surface area contributed by atoms with Crippen molar-refractivity contribution in [1.29, 1.82) is 0 Å². The fourth-order valence-electron chi connectivity index (χ4n) is 1.87. The molecule has 0 fully saturated rings. The number of hydrogen-bond acceptors (Lipinski definition) is 3. The maximum atomic E-state index is 11.6. The van der Waals surface area contributed by atoms with Crippen molar-refractivity contribution >= 4 is 44.9 Å². The third-order valence-electron chi connectivity index (χ3n) is 2.89. The van der Waals surface area contributed by atoms with Crippen LogP contribution in [0.5, 0.6) is 0 Å². The molecule has 20 heavy (non-hydrogen) atoms. The first-order valence-corrected chi connectivity index (χ1v) is 7.46. The molecule has 1 aromatic heterocycles. The molecule has 1 heterocycles. The molecule has 1 aromatic carbocycles. The van der Waals surface area contributed by atoms with Crippen molar-refractivity contribution in [3.05, 3.63) is 34.2 Å². The Morgan fingerprint density at radius 3 is 2.85 bits per heavy atom. The maximum Gasteiger partial charge on any atom is 0.303 e. The van der Waals surface area contributed by atoms with E-state index in [2.05, 4.69) is 5.32 Å². The van der Waals surface area contributed by atoms with Crippen molar-refractivity contribution in [2.45, 2.75) is 25.8 Å². The van der Waals surface area contributed by atoms with Crippen molar-refractivity contribution < 1.29 is 14.7 Å². The van der Waals surface area contributed by atoms with E-state index in [4.69, 9.17) is 16.7 Å². The maximum absolute atomic E-state index is 11.6. The number of nitrogens with one attached hydrogen (secondary N) is 1. The predicted octanol–water partition coefficient (Wildman–Crippen LogP) is 3.43. The highest BCUT2D eigenvalue weighted by Crippen LogP contribution is 2.28. The molecule has 0 unspecified atom stereocenters. The number of rotatable bonds is 6. The Labute approximate surface area is 125 Å². The Balaban J connectivity index is 1.91. The van der Waals surface area contributed by atoms with Crippen molar-refractivity contribution in [3.8, 4) is 0 Å². The molecule has 0 aliphatic heterocycles. The Hall–Kier alpha value is -1.59.